The van der Waals surface area contributed by atoms with Crippen LogP contribution in [0.15, 0.2) is 18.2 Å². The highest BCUT2D eigenvalue weighted by Gasteiger charge is 2.36. The average molecular weight is 336 g/mol. The number of nitrogens with one attached hydrogen (secondary N) is 1. The molecule has 1 fully saturated rings. The van der Waals surface area contributed by atoms with Crippen LogP contribution in [-0.4, -0.2) is 33.4 Å². The molecule has 0 spiro atoms. The van der Waals surface area contributed by atoms with Crippen LogP contribution in [0.25, 0.3) is 0 Å². The molecule has 1 aromatic carbocycles. The second-order valence-corrected chi connectivity index (χ2v) is 7.50. The van der Waals surface area contributed by atoms with Gasteiger partial charge in [0.25, 0.3) is 0 Å². The van der Waals surface area contributed by atoms with Crippen molar-refractivity contribution in [1.82, 2.24) is 4.72 Å². The molecule has 1 N–H and O–H groups in total. The summed E-state index contributed by atoms with van der Waals surface area (Å²) < 4.78 is 46.3. The topological polar surface area (TPSA) is 55.4 Å². The predicted octanol–water partition coefficient (Wildman–Crippen LogP) is 2.37. The van der Waals surface area contributed by atoms with E-state index in [-0.39, 0.29) is 12.3 Å². The molecule has 118 valence electrons. The van der Waals surface area contributed by atoms with Gasteiger partial charge < -0.3 is 4.74 Å². The summed E-state index contributed by atoms with van der Waals surface area (Å²) in [6.45, 7) is 2.77. The number of halogens is 2. The van der Waals surface area contributed by atoms with E-state index in [1.54, 1.807) is 13.0 Å². The summed E-state index contributed by atoms with van der Waals surface area (Å²) in [5, 5.41) is -0.262. The van der Waals surface area contributed by atoms with Crippen molar-refractivity contribution in [2.45, 2.75) is 25.0 Å². The molecule has 0 bridgehead atoms. The van der Waals surface area contributed by atoms with Crippen LogP contribution in [0.5, 0.6) is 0 Å². The highest BCUT2D eigenvalue weighted by molar-refractivity contribution is 7.90. The molecule has 2 rings (SSSR count). The van der Waals surface area contributed by atoms with E-state index >= 15 is 0 Å². The van der Waals surface area contributed by atoms with Gasteiger partial charge in [0.15, 0.2) is 0 Å². The van der Waals surface area contributed by atoms with E-state index in [1.807, 2.05) is 0 Å². The third-order valence-electron chi connectivity index (χ3n) is 3.68. The lowest BCUT2D eigenvalue weighted by molar-refractivity contribution is 0.0567. The first-order valence-corrected chi connectivity index (χ1v) is 8.87. The number of sulfonamides is 1. The Morgan fingerprint density at radius 2 is 2.24 bits per heavy atom. The average Bonchev–Trinajstić information content (AvgIpc) is 2.43. The second-order valence-electron chi connectivity index (χ2n) is 5.11. The SMILES string of the molecule is CCNS(=O)(=O)[C@H]1CCOC[C@H]1Cc1c(F)cccc1Cl. The fourth-order valence-electron chi connectivity index (χ4n) is 2.67. The van der Waals surface area contributed by atoms with E-state index in [0.29, 0.717) is 36.8 Å². The van der Waals surface area contributed by atoms with Crippen LogP contribution in [0.4, 0.5) is 4.39 Å². The highest BCUT2D eigenvalue weighted by Crippen LogP contribution is 2.29. The maximum Gasteiger partial charge on any atom is 0.214 e. The molecule has 1 aliphatic heterocycles. The molecular weight excluding hydrogens is 317 g/mol. The number of ether oxygens (including phenoxy) is 1. The minimum atomic E-state index is -3.42. The van der Waals surface area contributed by atoms with E-state index in [4.69, 9.17) is 16.3 Å². The van der Waals surface area contributed by atoms with Gasteiger partial charge in [-0.3, -0.25) is 0 Å². The smallest absolute Gasteiger partial charge is 0.214 e. The Hall–Kier alpha value is -0.690. The molecule has 2 atom stereocenters. The van der Waals surface area contributed by atoms with Crippen LogP contribution in [0, 0.1) is 11.7 Å². The van der Waals surface area contributed by atoms with Crippen LogP contribution in [0.1, 0.15) is 18.9 Å². The van der Waals surface area contributed by atoms with Crippen molar-refractivity contribution in [1.29, 1.82) is 0 Å². The Bertz CT molecular complexity index is 574. The molecule has 0 saturated carbocycles. The summed E-state index contributed by atoms with van der Waals surface area (Å²) in [5.41, 5.74) is 0.353. The van der Waals surface area contributed by atoms with E-state index in [9.17, 15) is 12.8 Å². The van der Waals surface area contributed by atoms with Gasteiger partial charge in [-0.05, 0) is 25.0 Å². The molecule has 0 unspecified atom stereocenters. The number of rotatable bonds is 5. The summed E-state index contributed by atoms with van der Waals surface area (Å²) in [7, 11) is -3.42. The highest BCUT2D eigenvalue weighted by atomic mass is 35.5. The van der Waals surface area contributed by atoms with E-state index < -0.39 is 21.1 Å². The molecule has 1 aromatic rings. The molecule has 1 heterocycles. The van der Waals surface area contributed by atoms with Gasteiger partial charge in [-0.15, -0.1) is 0 Å². The first kappa shape index (κ1) is 16.7. The molecule has 7 heteroatoms. The zero-order valence-electron chi connectivity index (χ0n) is 11.8. The van der Waals surface area contributed by atoms with E-state index in [1.165, 1.54) is 12.1 Å². The summed E-state index contributed by atoms with van der Waals surface area (Å²) in [6, 6.07) is 4.47. The maximum atomic E-state index is 13.9. The Morgan fingerprint density at radius 1 is 1.48 bits per heavy atom. The summed E-state index contributed by atoms with van der Waals surface area (Å²) in [5.74, 6) is -0.718. The first-order chi connectivity index (χ1) is 9.95. The molecule has 1 aliphatic rings. The van der Waals surface area contributed by atoms with Crippen molar-refractivity contribution in [2.24, 2.45) is 5.92 Å². The van der Waals surface area contributed by atoms with Gasteiger partial charge >= 0.3 is 0 Å². The molecule has 0 radical (unpaired) electrons. The molecule has 1 saturated heterocycles. The molecule has 0 aliphatic carbocycles. The number of benzene rings is 1. The van der Waals surface area contributed by atoms with Gasteiger partial charge in [0.1, 0.15) is 5.82 Å². The lowest BCUT2D eigenvalue weighted by Crippen LogP contribution is -2.44. The zero-order chi connectivity index (χ0) is 15.5. The minimum absolute atomic E-state index is 0.251. The van der Waals surface area contributed by atoms with Crippen molar-refractivity contribution < 1.29 is 17.5 Å². The van der Waals surface area contributed by atoms with Crippen LogP contribution >= 0.6 is 11.6 Å². The normalized spacial score (nSPS) is 23.2. The summed E-state index contributed by atoms with van der Waals surface area (Å²) >= 11 is 6.03. The van der Waals surface area contributed by atoms with Crippen molar-refractivity contribution >= 4 is 21.6 Å². The predicted molar refractivity (Wildman–Crippen MR) is 80.4 cm³/mol. The third-order valence-corrected chi connectivity index (χ3v) is 6.14. The fraction of sp³-hybridized carbons (Fsp3) is 0.571. The lowest BCUT2D eigenvalue weighted by atomic mass is 9.93. The van der Waals surface area contributed by atoms with Crippen molar-refractivity contribution in [3.63, 3.8) is 0 Å². The van der Waals surface area contributed by atoms with Gasteiger partial charge in [0.2, 0.25) is 10.0 Å². The first-order valence-electron chi connectivity index (χ1n) is 6.94. The quantitative estimate of drug-likeness (QED) is 0.898. The number of hydrogen-bond acceptors (Lipinski definition) is 3. The van der Waals surface area contributed by atoms with Crippen LogP contribution < -0.4 is 4.72 Å². The largest absolute Gasteiger partial charge is 0.381 e. The van der Waals surface area contributed by atoms with Crippen molar-refractivity contribution in [2.75, 3.05) is 19.8 Å². The molecule has 0 amide bonds. The van der Waals surface area contributed by atoms with Gasteiger partial charge in [0.05, 0.1) is 11.9 Å². The summed E-state index contributed by atoms with van der Waals surface area (Å²) in [4.78, 5) is 0. The molecule has 4 nitrogen and oxygen atoms in total. The Balaban J connectivity index is 2.24. The van der Waals surface area contributed by atoms with Gasteiger partial charge in [-0.1, -0.05) is 24.6 Å². The van der Waals surface area contributed by atoms with Gasteiger partial charge in [-0.2, -0.15) is 0 Å². The third kappa shape index (κ3) is 3.94. The van der Waals surface area contributed by atoms with E-state index in [2.05, 4.69) is 4.72 Å². The van der Waals surface area contributed by atoms with Gasteiger partial charge in [-0.25, -0.2) is 17.5 Å². The fourth-order valence-corrected chi connectivity index (χ4v) is 4.62. The lowest BCUT2D eigenvalue weighted by Gasteiger charge is -2.31. The standard InChI is InChI=1S/C14H19ClFNO3S/c1-2-17-21(18,19)14-6-7-20-9-10(14)8-11-12(15)4-3-5-13(11)16/h3-5,10,14,17H,2,6-9H2,1H3/t10-,14+/m1/s1. The monoisotopic (exact) mass is 335 g/mol. The van der Waals surface area contributed by atoms with E-state index in [0.717, 1.165) is 0 Å². The number of hydrogen-bond donors (Lipinski definition) is 1. The molecule has 0 aromatic heterocycles. The van der Waals surface area contributed by atoms with Crippen LogP contribution in [0.3, 0.4) is 0 Å². The Labute approximate surface area is 129 Å². The van der Waals surface area contributed by atoms with Gasteiger partial charge in [0, 0.05) is 29.7 Å². The molecule has 21 heavy (non-hydrogen) atoms. The minimum Gasteiger partial charge on any atom is -0.381 e. The van der Waals surface area contributed by atoms with Crippen molar-refractivity contribution in [3.05, 3.63) is 34.6 Å². The maximum absolute atomic E-state index is 13.9. The molecular formula is C14H19ClFNO3S. The Kier molecular flexibility index (Phi) is 5.60. The van der Waals surface area contributed by atoms with Crippen LogP contribution in [0.2, 0.25) is 5.02 Å². The second kappa shape index (κ2) is 7.05. The summed E-state index contributed by atoms with van der Waals surface area (Å²) in [6.07, 6.45) is 0.660. The van der Waals surface area contributed by atoms with Crippen LogP contribution in [-0.2, 0) is 21.2 Å². The zero-order valence-corrected chi connectivity index (χ0v) is 13.4. The Morgan fingerprint density at radius 3 is 2.90 bits per heavy atom. The van der Waals surface area contributed by atoms with Crippen molar-refractivity contribution in [3.8, 4) is 0 Å².